The molecule has 1 aromatic carbocycles. The number of hydrogen-bond donors (Lipinski definition) is 1. The summed E-state index contributed by atoms with van der Waals surface area (Å²) in [5, 5.41) is 5.69. The van der Waals surface area contributed by atoms with E-state index in [1.54, 1.807) is 11.3 Å². The lowest BCUT2D eigenvalue weighted by Crippen LogP contribution is -2.33. The fourth-order valence-corrected chi connectivity index (χ4v) is 3.51. The molecule has 108 valence electrons. The Morgan fingerprint density at radius 3 is 2.65 bits per heavy atom. The lowest BCUT2D eigenvalue weighted by Gasteiger charge is -2.28. The number of hydrogen-bond acceptors (Lipinski definition) is 3. The molecule has 2 nitrogen and oxygen atoms in total. The zero-order chi connectivity index (χ0) is 14.4. The molecule has 0 amide bonds. The molecule has 0 fully saturated rings. The molecule has 1 unspecified atom stereocenters. The first-order valence-corrected chi connectivity index (χ1v) is 8.56. The first-order chi connectivity index (χ1) is 9.70. The predicted molar refractivity (Wildman–Crippen MR) is 91.2 cm³/mol. The van der Waals surface area contributed by atoms with Crippen molar-refractivity contribution in [1.82, 2.24) is 10.2 Å². The number of benzene rings is 1. The van der Waals surface area contributed by atoms with Gasteiger partial charge < -0.3 is 5.32 Å². The van der Waals surface area contributed by atoms with E-state index in [9.17, 15) is 0 Å². The summed E-state index contributed by atoms with van der Waals surface area (Å²) in [7, 11) is 2.20. The van der Waals surface area contributed by atoms with E-state index in [4.69, 9.17) is 0 Å². The molecule has 1 atom stereocenters. The highest BCUT2D eigenvalue weighted by atomic mass is 79.9. The van der Waals surface area contributed by atoms with Crippen LogP contribution < -0.4 is 5.32 Å². The molecular formula is C16H21BrN2S. The molecule has 0 saturated heterocycles. The average molecular weight is 353 g/mol. The molecule has 1 N–H and O–H groups in total. The van der Waals surface area contributed by atoms with Crippen LogP contribution in [-0.2, 0) is 6.54 Å². The summed E-state index contributed by atoms with van der Waals surface area (Å²) in [6, 6.07) is 13.3. The fraction of sp³-hybridized carbons (Fsp3) is 0.375. The molecule has 4 heteroatoms. The summed E-state index contributed by atoms with van der Waals surface area (Å²) in [6.45, 7) is 5.09. The van der Waals surface area contributed by atoms with Gasteiger partial charge in [0.05, 0.1) is 3.79 Å². The summed E-state index contributed by atoms with van der Waals surface area (Å²) in [5.41, 5.74) is 2.73. The minimum absolute atomic E-state index is 0.398. The van der Waals surface area contributed by atoms with Crippen LogP contribution in [0.2, 0.25) is 0 Å². The molecule has 0 spiro atoms. The standard InChI is InChI=1S/C16H21BrN2S/c1-3-18-10-15(14-7-5-4-6-8-14)19(2)11-13-9-16(17)20-12-13/h4-9,12,15,18H,3,10-11H2,1-2H3. The van der Waals surface area contributed by atoms with Gasteiger partial charge in [0.1, 0.15) is 0 Å². The van der Waals surface area contributed by atoms with Crippen LogP contribution in [0.4, 0.5) is 0 Å². The van der Waals surface area contributed by atoms with Gasteiger partial charge >= 0.3 is 0 Å². The number of nitrogens with one attached hydrogen (secondary N) is 1. The number of thiophene rings is 1. The predicted octanol–water partition coefficient (Wildman–Crippen LogP) is 4.29. The van der Waals surface area contributed by atoms with Crippen molar-refractivity contribution in [2.45, 2.75) is 19.5 Å². The second-order valence-corrected chi connectivity index (χ2v) is 7.20. The van der Waals surface area contributed by atoms with Crippen LogP contribution in [0.1, 0.15) is 24.1 Å². The second-order valence-electron chi connectivity index (χ2n) is 4.91. The highest BCUT2D eigenvalue weighted by Crippen LogP contribution is 2.25. The molecule has 0 radical (unpaired) electrons. The molecular weight excluding hydrogens is 332 g/mol. The highest BCUT2D eigenvalue weighted by Gasteiger charge is 2.16. The van der Waals surface area contributed by atoms with E-state index in [0.717, 1.165) is 19.6 Å². The quantitative estimate of drug-likeness (QED) is 0.799. The minimum atomic E-state index is 0.398. The molecule has 1 aromatic heterocycles. The first-order valence-electron chi connectivity index (χ1n) is 6.89. The largest absolute Gasteiger partial charge is 0.315 e. The third kappa shape index (κ3) is 4.42. The normalized spacial score (nSPS) is 12.8. The lowest BCUT2D eigenvalue weighted by atomic mass is 10.1. The van der Waals surface area contributed by atoms with Gasteiger partial charge in [-0.25, -0.2) is 0 Å². The van der Waals surface area contributed by atoms with Crippen LogP contribution in [0.15, 0.2) is 45.6 Å². The Hall–Kier alpha value is -0.680. The maximum Gasteiger partial charge on any atom is 0.0701 e. The van der Waals surface area contributed by atoms with Crippen LogP contribution >= 0.6 is 27.3 Å². The Bertz CT molecular complexity index is 512. The van der Waals surface area contributed by atoms with E-state index in [1.807, 2.05) is 0 Å². The summed E-state index contributed by atoms with van der Waals surface area (Å²) < 4.78 is 1.20. The van der Waals surface area contributed by atoms with Gasteiger partial charge in [-0.05, 0) is 52.1 Å². The van der Waals surface area contributed by atoms with Gasteiger partial charge in [-0.2, -0.15) is 0 Å². The number of likely N-dealkylation sites (N-methyl/N-ethyl adjacent to an activating group) is 2. The van der Waals surface area contributed by atoms with E-state index in [0.29, 0.717) is 6.04 Å². The Balaban J connectivity index is 2.09. The average Bonchev–Trinajstić information content (AvgIpc) is 2.86. The molecule has 0 saturated carbocycles. The van der Waals surface area contributed by atoms with Gasteiger partial charge in [-0.3, -0.25) is 4.90 Å². The van der Waals surface area contributed by atoms with Crippen LogP contribution in [0.25, 0.3) is 0 Å². The van der Waals surface area contributed by atoms with E-state index < -0.39 is 0 Å². The van der Waals surface area contributed by atoms with Crippen molar-refractivity contribution in [1.29, 1.82) is 0 Å². The van der Waals surface area contributed by atoms with Gasteiger partial charge in [0, 0.05) is 19.1 Å². The van der Waals surface area contributed by atoms with E-state index in [-0.39, 0.29) is 0 Å². The second kappa shape index (κ2) is 7.93. The minimum Gasteiger partial charge on any atom is -0.315 e. The molecule has 1 heterocycles. The Labute approximate surface area is 133 Å². The van der Waals surface area contributed by atoms with Crippen molar-refractivity contribution in [2.75, 3.05) is 20.1 Å². The highest BCUT2D eigenvalue weighted by molar-refractivity contribution is 9.11. The monoisotopic (exact) mass is 352 g/mol. The topological polar surface area (TPSA) is 15.3 Å². The molecule has 2 aromatic rings. The molecule has 0 aliphatic carbocycles. The number of rotatable bonds is 7. The summed E-state index contributed by atoms with van der Waals surface area (Å²) in [6.07, 6.45) is 0. The van der Waals surface area contributed by atoms with Gasteiger partial charge in [-0.15, -0.1) is 11.3 Å². The van der Waals surface area contributed by atoms with Crippen LogP contribution in [-0.4, -0.2) is 25.0 Å². The fourth-order valence-electron chi connectivity index (χ4n) is 2.31. The van der Waals surface area contributed by atoms with Crippen LogP contribution in [0.5, 0.6) is 0 Å². The SMILES string of the molecule is CCNCC(c1ccccc1)N(C)Cc1csc(Br)c1. The van der Waals surface area contributed by atoms with Gasteiger partial charge in [0.15, 0.2) is 0 Å². The molecule has 0 aliphatic rings. The molecule has 20 heavy (non-hydrogen) atoms. The van der Waals surface area contributed by atoms with Gasteiger partial charge in [0.2, 0.25) is 0 Å². The van der Waals surface area contributed by atoms with Crippen molar-refractivity contribution in [3.63, 3.8) is 0 Å². The Morgan fingerprint density at radius 1 is 1.30 bits per heavy atom. The smallest absolute Gasteiger partial charge is 0.0701 e. The zero-order valence-corrected chi connectivity index (χ0v) is 14.4. The third-order valence-electron chi connectivity index (χ3n) is 3.36. The van der Waals surface area contributed by atoms with Crippen molar-refractivity contribution < 1.29 is 0 Å². The summed E-state index contributed by atoms with van der Waals surface area (Å²) in [4.78, 5) is 2.41. The molecule has 0 aliphatic heterocycles. The molecule has 2 rings (SSSR count). The summed E-state index contributed by atoms with van der Waals surface area (Å²) >= 11 is 5.28. The molecule has 0 bridgehead atoms. The van der Waals surface area contributed by atoms with Crippen molar-refractivity contribution in [3.05, 3.63) is 56.7 Å². The lowest BCUT2D eigenvalue weighted by molar-refractivity contribution is 0.231. The number of nitrogens with zero attached hydrogens (tertiary/aromatic N) is 1. The van der Waals surface area contributed by atoms with E-state index in [2.05, 4.69) is 81.9 Å². The van der Waals surface area contributed by atoms with Crippen molar-refractivity contribution in [3.8, 4) is 0 Å². The van der Waals surface area contributed by atoms with Crippen LogP contribution in [0.3, 0.4) is 0 Å². The van der Waals surface area contributed by atoms with Crippen molar-refractivity contribution in [2.24, 2.45) is 0 Å². The first kappa shape index (κ1) is 15.7. The van der Waals surface area contributed by atoms with Crippen molar-refractivity contribution >= 4 is 27.3 Å². The Morgan fingerprint density at radius 2 is 2.05 bits per heavy atom. The Kier molecular flexibility index (Phi) is 6.23. The van der Waals surface area contributed by atoms with Crippen LogP contribution in [0, 0.1) is 0 Å². The number of halogens is 1. The van der Waals surface area contributed by atoms with E-state index >= 15 is 0 Å². The summed E-state index contributed by atoms with van der Waals surface area (Å²) in [5.74, 6) is 0. The maximum atomic E-state index is 3.53. The van der Waals surface area contributed by atoms with E-state index in [1.165, 1.54) is 14.9 Å². The van der Waals surface area contributed by atoms with Gasteiger partial charge in [0.25, 0.3) is 0 Å². The third-order valence-corrected chi connectivity index (χ3v) is 4.91. The zero-order valence-electron chi connectivity index (χ0n) is 12.0. The van der Waals surface area contributed by atoms with Gasteiger partial charge in [-0.1, -0.05) is 37.3 Å². The maximum absolute atomic E-state index is 3.53.